The molecule has 1 N–H and O–H groups in total. The number of carbonyl (C=O) groups is 1. The van der Waals surface area contributed by atoms with Gasteiger partial charge in [-0.1, -0.05) is 6.07 Å². The first-order chi connectivity index (χ1) is 12.0. The largest absolute Gasteiger partial charge is 0.481 e. The summed E-state index contributed by atoms with van der Waals surface area (Å²) in [5, 5.41) is 4.53. The van der Waals surface area contributed by atoms with Crippen LogP contribution >= 0.6 is 11.3 Å². The summed E-state index contributed by atoms with van der Waals surface area (Å²) >= 11 is 1.19. The topological polar surface area (TPSA) is 88.6 Å². The van der Waals surface area contributed by atoms with Crippen molar-refractivity contribution in [1.82, 2.24) is 9.29 Å². The van der Waals surface area contributed by atoms with Crippen molar-refractivity contribution in [3.63, 3.8) is 0 Å². The highest BCUT2D eigenvalue weighted by Gasteiger charge is 2.33. The van der Waals surface area contributed by atoms with Gasteiger partial charge in [-0.2, -0.15) is 4.31 Å². The Hall–Kier alpha value is -1.97. The fourth-order valence-corrected chi connectivity index (χ4v) is 5.40. The predicted octanol–water partition coefficient (Wildman–Crippen LogP) is 2.19. The van der Waals surface area contributed by atoms with E-state index in [0.717, 1.165) is 0 Å². The minimum atomic E-state index is -3.52. The van der Waals surface area contributed by atoms with Gasteiger partial charge in [-0.25, -0.2) is 13.4 Å². The molecule has 1 aliphatic rings. The quantitative estimate of drug-likeness (QED) is 0.858. The van der Waals surface area contributed by atoms with Crippen molar-refractivity contribution in [1.29, 1.82) is 0 Å². The highest BCUT2D eigenvalue weighted by molar-refractivity contribution is 7.91. The van der Waals surface area contributed by atoms with Crippen molar-refractivity contribution < 1.29 is 17.9 Å². The molecule has 1 atom stereocenters. The van der Waals surface area contributed by atoms with Gasteiger partial charge in [0.25, 0.3) is 10.0 Å². The van der Waals surface area contributed by atoms with Crippen LogP contribution in [0.3, 0.4) is 0 Å². The van der Waals surface area contributed by atoms with Crippen LogP contribution in [-0.4, -0.2) is 43.8 Å². The monoisotopic (exact) mass is 381 g/mol. The third kappa shape index (κ3) is 4.00. The maximum atomic E-state index is 12.6. The molecule has 0 saturated carbocycles. The van der Waals surface area contributed by atoms with Crippen LogP contribution in [0.1, 0.15) is 12.8 Å². The van der Waals surface area contributed by atoms with Gasteiger partial charge in [0.15, 0.2) is 0 Å². The summed E-state index contributed by atoms with van der Waals surface area (Å²) in [5.74, 6) is -0.118. The third-order valence-corrected chi connectivity index (χ3v) is 7.30. The van der Waals surface area contributed by atoms with Crippen molar-refractivity contribution in [2.24, 2.45) is 5.92 Å². The summed E-state index contributed by atoms with van der Waals surface area (Å²) in [6, 6.07) is 6.66. The average molecular weight is 381 g/mol. The van der Waals surface area contributed by atoms with E-state index in [0.29, 0.717) is 35.2 Å². The number of hydrogen-bond acceptors (Lipinski definition) is 6. The minimum absolute atomic E-state index is 0.190. The molecule has 2 aromatic rings. The second-order valence-corrected chi connectivity index (χ2v) is 8.83. The molecule has 1 saturated heterocycles. The number of rotatable bonds is 5. The van der Waals surface area contributed by atoms with Gasteiger partial charge >= 0.3 is 0 Å². The maximum absolute atomic E-state index is 12.6. The highest BCUT2D eigenvalue weighted by atomic mass is 32.2. The number of piperidine rings is 1. The molecule has 9 heteroatoms. The fraction of sp³-hybridized carbons (Fsp3) is 0.375. The summed E-state index contributed by atoms with van der Waals surface area (Å²) < 4.78 is 31.9. The molecule has 1 aliphatic heterocycles. The number of nitrogens with one attached hydrogen (secondary N) is 1. The Morgan fingerprint density at radius 1 is 1.40 bits per heavy atom. The van der Waals surface area contributed by atoms with Crippen molar-refractivity contribution in [2.75, 3.05) is 25.5 Å². The molecular formula is C16H19N3O4S2. The third-order valence-electron chi connectivity index (χ3n) is 4.06. The van der Waals surface area contributed by atoms with Gasteiger partial charge < -0.3 is 10.1 Å². The molecule has 0 bridgehead atoms. The maximum Gasteiger partial charge on any atom is 0.252 e. The molecule has 134 valence electrons. The molecular weight excluding hydrogens is 362 g/mol. The van der Waals surface area contributed by atoms with Crippen molar-refractivity contribution in [3.05, 3.63) is 35.8 Å². The number of ether oxygens (including phenoxy) is 1. The summed E-state index contributed by atoms with van der Waals surface area (Å²) in [4.78, 5) is 16.5. The Labute approximate surface area is 150 Å². The van der Waals surface area contributed by atoms with E-state index in [4.69, 9.17) is 4.74 Å². The van der Waals surface area contributed by atoms with Crippen LogP contribution in [-0.2, 0) is 14.8 Å². The SMILES string of the molecule is COc1ccc(NC(=O)C2CCCN(S(=O)(=O)c3cccs3)C2)cn1. The summed E-state index contributed by atoms with van der Waals surface area (Å²) in [6.07, 6.45) is 2.83. The Bertz CT molecular complexity index is 820. The van der Waals surface area contributed by atoms with E-state index in [2.05, 4.69) is 10.3 Å². The van der Waals surface area contributed by atoms with Crippen molar-refractivity contribution >= 4 is 33.0 Å². The normalized spacial score (nSPS) is 18.7. The van der Waals surface area contributed by atoms with Gasteiger partial charge in [0, 0.05) is 19.2 Å². The van der Waals surface area contributed by atoms with E-state index >= 15 is 0 Å². The van der Waals surface area contributed by atoms with Crippen LogP contribution in [0.25, 0.3) is 0 Å². The Morgan fingerprint density at radius 2 is 2.24 bits per heavy atom. The zero-order valence-electron chi connectivity index (χ0n) is 13.7. The lowest BCUT2D eigenvalue weighted by Gasteiger charge is -2.30. The number of aromatic nitrogens is 1. The number of anilines is 1. The fourth-order valence-electron chi connectivity index (χ4n) is 2.73. The Kier molecular flexibility index (Phi) is 5.36. The number of carbonyl (C=O) groups excluding carboxylic acids is 1. The zero-order valence-corrected chi connectivity index (χ0v) is 15.3. The van der Waals surface area contributed by atoms with E-state index in [1.54, 1.807) is 29.6 Å². The first-order valence-electron chi connectivity index (χ1n) is 7.85. The molecule has 0 aromatic carbocycles. The smallest absolute Gasteiger partial charge is 0.252 e. The summed E-state index contributed by atoms with van der Waals surface area (Å²) in [6.45, 7) is 0.629. The molecule has 0 aliphatic carbocycles. The molecule has 1 amide bonds. The average Bonchev–Trinajstić information content (AvgIpc) is 3.18. The zero-order chi connectivity index (χ0) is 17.9. The van der Waals surface area contributed by atoms with Gasteiger partial charge in [-0.3, -0.25) is 4.79 Å². The second kappa shape index (κ2) is 7.51. The lowest BCUT2D eigenvalue weighted by atomic mass is 9.99. The van der Waals surface area contributed by atoms with E-state index < -0.39 is 10.0 Å². The number of sulfonamides is 1. The highest BCUT2D eigenvalue weighted by Crippen LogP contribution is 2.27. The Balaban J connectivity index is 1.67. The van der Waals surface area contributed by atoms with Gasteiger partial charge in [-0.05, 0) is 30.4 Å². The molecule has 7 nitrogen and oxygen atoms in total. The standard InChI is InChI=1S/C16H19N3O4S2/c1-23-14-7-6-13(10-17-14)18-16(20)12-4-2-8-19(11-12)25(21,22)15-5-3-9-24-15/h3,5-7,9-10,12H,2,4,8,11H2,1H3,(H,18,20). The van der Waals surface area contributed by atoms with Crippen LogP contribution in [0.4, 0.5) is 5.69 Å². The molecule has 1 unspecified atom stereocenters. The first kappa shape index (κ1) is 17.8. The van der Waals surface area contributed by atoms with Gasteiger partial charge in [0.05, 0.1) is 24.9 Å². The molecule has 2 aromatic heterocycles. The van der Waals surface area contributed by atoms with Gasteiger partial charge in [0.2, 0.25) is 11.8 Å². The number of methoxy groups -OCH3 is 1. The van der Waals surface area contributed by atoms with Crippen LogP contribution in [0.15, 0.2) is 40.1 Å². The second-order valence-electron chi connectivity index (χ2n) is 5.71. The predicted molar refractivity (Wildman–Crippen MR) is 95.2 cm³/mol. The number of pyridine rings is 1. The molecule has 0 radical (unpaired) electrons. The molecule has 0 spiro atoms. The van der Waals surface area contributed by atoms with E-state index in [1.165, 1.54) is 28.9 Å². The number of amides is 1. The Morgan fingerprint density at radius 3 is 2.88 bits per heavy atom. The first-order valence-corrected chi connectivity index (χ1v) is 10.2. The van der Waals surface area contributed by atoms with Crippen LogP contribution in [0, 0.1) is 5.92 Å². The number of hydrogen-bond donors (Lipinski definition) is 1. The van der Waals surface area contributed by atoms with Crippen molar-refractivity contribution in [3.8, 4) is 5.88 Å². The summed E-state index contributed by atoms with van der Waals surface area (Å²) in [7, 11) is -2.00. The lowest BCUT2D eigenvalue weighted by molar-refractivity contribution is -0.120. The van der Waals surface area contributed by atoms with Crippen LogP contribution < -0.4 is 10.1 Å². The minimum Gasteiger partial charge on any atom is -0.481 e. The van der Waals surface area contributed by atoms with Crippen molar-refractivity contribution in [2.45, 2.75) is 17.1 Å². The summed E-state index contributed by atoms with van der Waals surface area (Å²) in [5.41, 5.74) is 0.559. The van der Waals surface area contributed by atoms with E-state index in [-0.39, 0.29) is 18.4 Å². The van der Waals surface area contributed by atoms with E-state index in [1.807, 2.05) is 0 Å². The molecule has 25 heavy (non-hydrogen) atoms. The lowest BCUT2D eigenvalue weighted by Crippen LogP contribution is -2.43. The van der Waals surface area contributed by atoms with Crippen LogP contribution in [0.2, 0.25) is 0 Å². The molecule has 1 fully saturated rings. The molecule has 3 heterocycles. The number of nitrogens with zero attached hydrogens (tertiary/aromatic N) is 2. The van der Waals surface area contributed by atoms with E-state index in [9.17, 15) is 13.2 Å². The van der Waals surface area contributed by atoms with Crippen LogP contribution in [0.5, 0.6) is 5.88 Å². The number of thiophene rings is 1. The van der Waals surface area contributed by atoms with Gasteiger partial charge in [0.1, 0.15) is 4.21 Å². The van der Waals surface area contributed by atoms with Gasteiger partial charge in [-0.15, -0.1) is 11.3 Å². The molecule has 3 rings (SSSR count).